The summed E-state index contributed by atoms with van der Waals surface area (Å²) in [5, 5.41) is 15.7. The van der Waals surface area contributed by atoms with Crippen molar-refractivity contribution in [2.75, 3.05) is 6.54 Å². The van der Waals surface area contributed by atoms with E-state index in [9.17, 15) is 14.7 Å². The lowest BCUT2D eigenvalue weighted by atomic mass is 10.1. The van der Waals surface area contributed by atoms with Crippen LogP contribution < -0.4 is 0 Å². The van der Waals surface area contributed by atoms with Gasteiger partial charge in [-0.15, -0.1) is 0 Å². The van der Waals surface area contributed by atoms with Gasteiger partial charge in [0.1, 0.15) is 6.04 Å². The lowest BCUT2D eigenvalue weighted by Gasteiger charge is -2.26. The van der Waals surface area contributed by atoms with Crippen LogP contribution in [0.1, 0.15) is 31.4 Å². The third kappa shape index (κ3) is 2.88. The first-order valence-corrected chi connectivity index (χ1v) is 6.19. The van der Waals surface area contributed by atoms with E-state index < -0.39 is 12.0 Å². The zero-order valence-corrected chi connectivity index (χ0v) is 10.1. The molecular weight excluding hydrogens is 234 g/mol. The fourth-order valence-corrected chi connectivity index (χ4v) is 2.31. The summed E-state index contributed by atoms with van der Waals surface area (Å²) in [6.45, 7) is 0.532. The van der Waals surface area contributed by atoms with Gasteiger partial charge in [-0.2, -0.15) is 5.10 Å². The van der Waals surface area contributed by atoms with Crippen molar-refractivity contribution >= 4 is 11.9 Å². The molecular formula is C12H17N3O3. The zero-order valence-electron chi connectivity index (χ0n) is 10.1. The predicted octanol–water partition coefficient (Wildman–Crippen LogP) is 0.808. The summed E-state index contributed by atoms with van der Waals surface area (Å²) in [4.78, 5) is 24.9. The molecule has 2 heterocycles. The summed E-state index contributed by atoms with van der Waals surface area (Å²) >= 11 is 0. The minimum absolute atomic E-state index is 0.145. The maximum atomic E-state index is 12.1. The first-order chi connectivity index (χ1) is 8.68. The lowest BCUT2D eigenvalue weighted by Crippen LogP contribution is -2.45. The Morgan fingerprint density at radius 2 is 2.28 bits per heavy atom. The molecule has 2 N–H and O–H groups in total. The van der Waals surface area contributed by atoms with Gasteiger partial charge in [0.25, 0.3) is 0 Å². The summed E-state index contributed by atoms with van der Waals surface area (Å²) in [6.07, 6.45) is 5.04. The molecule has 1 aromatic rings. The number of carbonyl (C=O) groups excluding carboxylic acids is 1. The van der Waals surface area contributed by atoms with Gasteiger partial charge in [-0.1, -0.05) is 12.8 Å². The van der Waals surface area contributed by atoms with E-state index >= 15 is 0 Å². The van der Waals surface area contributed by atoms with Crippen molar-refractivity contribution in [1.29, 1.82) is 0 Å². The monoisotopic (exact) mass is 251 g/mol. The Kier molecular flexibility index (Phi) is 3.96. The number of hydrogen-bond acceptors (Lipinski definition) is 3. The molecule has 1 aromatic heterocycles. The molecule has 98 valence electrons. The van der Waals surface area contributed by atoms with Gasteiger partial charge in [-0.3, -0.25) is 9.89 Å². The van der Waals surface area contributed by atoms with E-state index in [0.717, 1.165) is 19.3 Å². The number of likely N-dealkylation sites (tertiary alicyclic amines) is 1. The van der Waals surface area contributed by atoms with Crippen LogP contribution in [0.5, 0.6) is 0 Å². The van der Waals surface area contributed by atoms with Gasteiger partial charge in [0.05, 0.1) is 6.42 Å². The summed E-state index contributed by atoms with van der Waals surface area (Å²) in [5.41, 5.74) is 0.716. The van der Waals surface area contributed by atoms with Crippen LogP contribution >= 0.6 is 0 Å². The molecule has 0 aromatic carbocycles. The number of aromatic amines is 1. The van der Waals surface area contributed by atoms with Crippen LogP contribution in [0.25, 0.3) is 0 Å². The highest BCUT2D eigenvalue weighted by atomic mass is 16.4. The van der Waals surface area contributed by atoms with Crippen molar-refractivity contribution in [1.82, 2.24) is 15.1 Å². The second-order valence-corrected chi connectivity index (χ2v) is 4.55. The van der Waals surface area contributed by atoms with E-state index in [1.54, 1.807) is 12.3 Å². The summed E-state index contributed by atoms with van der Waals surface area (Å²) < 4.78 is 0. The number of carboxylic acid groups (broad SMARTS) is 1. The number of rotatable bonds is 3. The van der Waals surface area contributed by atoms with Crippen molar-refractivity contribution < 1.29 is 14.7 Å². The molecule has 6 heteroatoms. The van der Waals surface area contributed by atoms with Gasteiger partial charge >= 0.3 is 5.97 Å². The van der Waals surface area contributed by atoms with Crippen LogP contribution in [-0.2, 0) is 16.0 Å². The van der Waals surface area contributed by atoms with Crippen molar-refractivity contribution in [2.24, 2.45) is 0 Å². The van der Waals surface area contributed by atoms with E-state index in [1.165, 1.54) is 4.90 Å². The molecule has 0 aliphatic carbocycles. The number of aromatic nitrogens is 2. The first-order valence-electron chi connectivity index (χ1n) is 6.19. The average Bonchev–Trinajstić information content (AvgIpc) is 2.70. The highest BCUT2D eigenvalue weighted by Crippen LogP contribution is 2.18. The van der Waals surface area contributed by atoms with Crippen molar-refractivity contribution in [3.8, 4) is 0 Å². The van der Waals surface area contributed by atoms with Crippen molar-refractivity contribution in [2.45, 2.75) is 38.1 Å². The third-order valence-electron chi connectivity index (χ3n) is 3.26. The molecule has 18 heavy (non-hydrogen) atoms. The molecule has 1 aliphatic heterocycles. The third-order valence-corrected chi connectivity index (χ3v) is 3.26. The SMILES string of the molecule is O=C(O)C1CCCCCN1C(=O)Cc1ccn[nH]1. The Balaban J connectivity index is 2.07. The Labute approximate surface area is 105 Å². The number of carbonyl (C=O) groups is 2. The van der Waals surface area contributed by atoms with Crippen LogP contribution in [0.15, 0.2) is 12.3 Å². The van der Waals surface area contributed by atoms with Crippen LogP contribution in [0.2, 0.25) is 0 Å². The van der Waals surface area contributed by atoms with Crippen LogP contribution in [0, 0.1) is 0 Å². The van der Waals surface area contributed by atoms with Gasteiger partial charge in [0.2, 0.25) is 5.91 Å². The van der Waals surface area contributed by atoms with Crippen molar-refractivity contribution in [3.05, 3.63) is 18.0 Å². The number of aliphatic carboxylic acids is 1. The van der Waals surface area contributed by atoms with E-state index in [-0.39, 0.29) is 12.3 Å². The number of carboxylic acids is 1. The molecule has 1 unspecified atom stereocenters. The fraction of sp³-hybridized carbons (Fsp3) is 0.583. The van der Waals surface area contributed by atoms with E-state index in [2.05, 4.69) is 10.2 Å². The van der Waals surface area contributed by atoms with Gasteiger partial charge in [0, 0.05) is 18.4 Å². The topological polar surface area (TPSA) is 86.3 Å². The second-order valence-electron chi connectivity index (χ2n) is 4.55. The minimum Gasteiger partial charge on any atom is -0.480 e. The van der Waals surface area contributed by atoms with E-state index in [1.807, 2.05) is 0 Å². The van der Waals surface area contributed by atoms with Crippen LogP contribution in [-0.4, -0.2) is 44.7 Å². The van der Waals surface area contributed by atoms with Crippen LogP contribution in [0.3, 0.4) is 0 Å². The van der Waals surface area contributed by atoms with E-state index in [0.29, 0.717) is 18.7 Å². The minimum atomic E-state index is -0.908. The number of amides is 1. The molecule has 1 atom stereocenters. The molecule has 0 spiro atoms. The molecule has 0 bridgehead atoms. The molecule has 1 fully saturated rings. The van der Waals surface area contributed by atoms with Gasteiger partial charge in [-0.05, 0) is 18.9 Å². The number of nitrogens with zero attached hydrogens (tertiary/aromatic N) is 2. The molecule has 1 aliphatic rings. The van der Waals surface area contributed by atoms with Gasteiger partial charge in [0.15, 0.2) is 0 Å². The first kappa shape index (κ1) is 12.6. The normalized spacial score (nSPS) is 20.4. The molecule has 1 amide bonds. The second kappa shape index (κ2) is 5.66. The number of hydrogen-bond donors (Lipinski definition) is 2. The molecule has 0 radical (unpaired) electrons. The summed E-state index contributed by atoms with van der Waals surface area (Å²) in [7, 11) is 0. The number of H-pyrrole nitrogens is 1. The quantitative estimate of drug-likeness (QED) is 0.832. The maximum Gasteiger partial charge on any atom is 0.326 e. The molecule has 2 rings (SSSR count). The Morgan fingerprint density at radius 1 is 1.44 bits per heavy atom. The van der Waals surface area contributed by atoms with E-state index in [4.69, 9.17) is 0 Å². The molecule has 1 saturated heterocycles. The lowest BCUT2D eigenvalue weighted by molar-refractivity contribution is -0.150. The highest BCUT2D eigenvalue weighted by Gasteiger charge is 2.30. The zero-order chi connectivity index (χ0) is 13.0. The summed E-state index contributed by atoms with van der Waals surface area (Å²) in [6, 6.07) is 1.05. The Bertz CT molecular complexity index is 416. The largest absolute Gasteiger partial charge is 0.480 e. The van der Waals surface area contributed by atoms with Gasteiger partial charge < -0.3 is 10.0 Å². The fourth-order valence-electron chi connectivity index (χ4n) is 2.31. The smallest absolute Gasteiger partial charge is 0.326 e. The average molecular weight is 251 g/mol. The van der Waals surface area contributed by atoms with Gasteiger partial charge in [-0.25, -0.2) is 4.79 Å². The van der Waals surface area contributed by atoms with Crippen LogP contribution in [0.4, 0.5) is 0 Å². The Morgan fingerprint density at radius 3 is 2.94 bits per heavy atom. The predicted molar refractivity (Wildman–Crippen MR) is 63.9 cm³/mol. The van der Waals surface area contributed by atoms with Crippen molar-refractivity contribution in [3.63, 3.8) is 0 Å². The molecule has 0 saturated carbocycles. The highest BCUT2D eigenvalue weighted by molar-refractivity contribution is 5.84. The maximum absolute atomic E-state index is 12.1. The Hall–Kier alpha value is -1.85. The standard InChI is InChI=1S/C12H17N3O3/c16-11(8-9-5-6-13-14-9)15-7-3-1-2-4-10(15)12(17)18/h5-6,10H,1-4,7-8H2,(H,13,14)(H,17,18). The summed E-state index contributed by atoms with van der Waals surface area (Å²) in [5.74, 6) is -1.05. The number of nitrogens with one attached hydrogen (secondary N) is 1. The molecule has 6 nitrogen and oxygen atoms in total.